The quantitative estimate of drug-likeness (QED) is 0.739. The molecule has 0 unspecified atom stereocenters. The fraction of sp³-hybridized carbons (Fsp3) is 0.636. The third-order valence-corrected chi connectivity index (χ3v) is 3.00. The standard InChI is InChI=1S/C11H18N2O/c1-13(7-10-3-2-6-12-10)8-11(9-14)4-5-11/h2-3,6,12,14H,4-5,7-9H2,1H3. The minimum Gasteiger partial charge on any atom is -0.396 e. The Kier molecular flexibility index (Phi) is 2.61. The molecule has 0 amide bonds. The predicted molar refractivity (Wildman–Crippen MR) is 55.9 cm³/mol. The van der Waals surface area contributed by atoms with Crippen LogP contribution in [0.5, 0.6) is 0 Å². The summed E-state index contributed by atoms with van der Waals surface area (Å²) in [5.41, 5.74) is 1.46. The highest BCUT2D eigenvalue weighted by Gasteiger charge is 2.42. The van der Waals surface area contributed by atoms with Crippen LogP contribution in [0, 0.1) is 5.41 Å². The van der Waals surface area contributed by atoms with Gasteiger partial charge in [-0.25, -0.2) is 0 Å². The molecule has 0 saturated heterocycles. The van der Waals surface area contributed by atoms with Gasteiger partial charge in [-0.2, -0.15) is 0 Å². The van der Waals surface area contributed by atoms with Crippen LogP contribution < -0.4 is 0 Å². The van der Waals surface area contributed by atoms with E-state index in [1.807, 2.05) is 12.3 Å². The zero-order chi connectivity index (χ0) is 10.0. The van der Waals surface area contributed by atoms with Gasteiger partial charge < -0.3 is 10.1 Å². The monoisotopic (exact) mass is 194 g/mol. The summed E-state index contributed by atoms with van der Waals surface area (Å²) in [7, 11) is 2.11. The Morgan fingerprint density at radius 1 is 1.57 bits per heavy atom. The van der Waals surface area contributed by atoms with E-state index in [9.17, 15) is 5.11 Å². The molecule has 2 rings (SSSR count). The molecule has 0 radical (unpaired) electrons. The van der Waals surface area contributed by atoms with Gasteiger partial charge >= 0.3 is 0 Å². The summed E-state index contributed by atoms with van der Waals surface area (Å²) >= 11 is 0. The van der Waals surface area contributed by atoms with Gasteiger partial charge in [0.2, 0.25) is 0 Å². The molecule has 0 atom stereocenters. The van der Waals surface area contributed by atoms with Crippen LogP contribution >= 0.6 is 0 Å². The van der Waals surface area contributed by atoms with Gasteiger partial charge in [0.05, 0.1) is 0 Å². The van der Waals surface area contributed by atoms with Crippen molar-refractivity contribution in [2.24, 2.45) is 5.41 Å². The largest absolute Gasteiger partial charge is 0.396 e. The third kappa shape index (κ3) is 2.16. The van der Waals surface area contributed by atoms with Gasteiger partial charge in [-0.15, -0.1) is 0 Å². The van der Waals surface area contributed by atoms with Crippen molar-refractivity contribution in [3.63, 3.8) is 0 Å². The zero-order valence-electron chi connectivity index (χ0n) is 8.66. The van der Waals surface area contributed by atoms with Crippen molar-refractivity contribution < 1.29 is 5.11 Å². The molecule has 1 aliphatic carbocycles. The number of H-pyrrole nitrogens is 1. The van der Waals surface area contributed by atoms with Gasteiger partial charge in [0.1, 0.15) is 0 Å². The molecule has 2 N–H and O–H groups in total. The van der Waals surface area contributed by atoms with Crippen molar-refractivity contribution in [1.82, 2.24) is 9.88 Å². The van der Waals surface area contributed by atoms with Gasteiger partial charge in [0.15, 0.2) is 0 Å². The van der Waals surface area contributed by atoms with Gasteiger partial charge in [0, 0.05) is 37.0 Å². The average Bonchev–Trinajstić information content (AvgIpc) is 2.74. The van der Waals surface area contributed by atoms with Crippen LogP contribution in [0.3, 0.4) is 0 Å². The lowest BCUT2D eigenvalue weighted by atomic mass is 10.1. The summed E-state index contributed by atoms with van der Waals surface area (Å²) < 4.78 is 0. The first kappa shape index (κ1) is 9.74. The average molecular weight is 194 g/mol. The lowest BCUT2D eigenvalue weighted by molar-refractivity contribution is 0.160. The fourth-order valence-electron chi connectivity index (χ4n) is 1.93. The molecular weight excluding hydrogens is 176 g/mol. The number of aliphatic hydroxyl groups excluding tert-OH is 1. The minimum absolute atomic E-state index is 0.224. The number of nitrogens with zero attached hydrogens (tertiary/aromatic N) is 1. The summed E-state index contributed by atoms with van der Waals surface area (Å²) in [5.74, 6) is 0. The molecule has 1 fully saturated rings. The summed E-state index contributed by atoms with van der Waals surface area (Å²) in [6, 6.07) is 4.11. The summed E-state index contributed by atoms with van der Waals surface area (Å²) in [4.78, 5) is 5.46. The third-order valence-electron chi connectivity index (χ3n) is 3.00. The van der Waals surface area contributed by atoms with Crippen molar-refractivity contribution in [3.8, 4) is 0 Å². The predicted octanol–water partition coefficient (Wildman–Crippen LogP) is 1.22. The maximum absolute atomic E-state index is 9.20. The molecule has 1 aliphatic rings. The smallest absolute Gasteiger partial charge is 0.0499 e. The molecule has 0 aromatic carbocycles. The van der Waals surface area contributed by atoms with Gasteiger partial charge in [-0.3, -0.25) is 4.90 Å². The summed E-state index contributed by atoms with van der Waals surface area (Å²) in [6.07, 6.45) is 4.30. The Bertz CT molecular complexity index is 277. The van der Waals surface area contributed by atoms with Crippen LogP contribution in [0.25, 0.3) is 0 Å². The molecule has 3 heteroatoms. The molecule has 0 aliphatic heterocycles. The molecule has 1 aromatic rings. The molecular formula is C11H18N2O. The number of aliphatic hydroxyl groups is 1. The van der Waals surface area contributed by atoms with E-state index in [2.05, 4.69) is 23.0 Å². The second-order valence-corrected chi connectivity index (χ2v) is 4.53. The van der Waals surface area contributed by atoms with Crippen LogP contribution in [-0.4, -0.2) is 35.2 Å². The first-order chi connectivity index (χ1) is 6.74. The number of hydrogen-bond acceptors (Lipinski definition) is 2. The summed E-state index contributed by atoms with van der Waals surface area (Å²) in [5, 5.41) is 9.20. The molecule has 3 nitrogen and oxygen atoms in total. The van der Waals surface area contributed by atoms with E-state index >= 15 is 0 Å². The highest BCUT2D eigenvalue weighted by atomic mass is 16.3. The Morgan fingerprint density at radius 3 is 2.86 bits per heavy atom. The second kappa shape index (κ2) is 3.75. The number of nitrogens with one attached hydrogen (secondary N) is 1. The lowest BCUT2D eigenvalue weighted by Gasteiger charge is -2.21. The first-order valence-electron chi connectivity index (χ1n) is 5.16. The minimum atomic E-state index is 0.224. The van der Waals surface area contributed by atoms with Crippen molar-refractivity contribution in [1.29, 1.82) is 0 Å². The Morgan fingerprint density at radius 2 is 2.36 bits per heavy atom. The molecule has 0 bridgehead atoms. The van der Waals surface area contributed by atoms with E-state index in [1.165, 1.54) is 18.5 Å². The van der Waals surface area contributed by atoms with Gasteiger partial charge in [0.25, 0.3) is 0 Å². The van der Waals surface area contributed by atoms with Crippen LogP contribution in [0.2, 0.25) is 0 Å². The molecule has 0 spiro atoms. The number of hydrogen-bond donors (Lipinski definition) is 2. The number of aromatic amines is 1. The van der Waals surface area contributed by atoms with E-state index in [0.29, 0.717) is 6.61 Å². The lowest BCUT2D eigenvalue weighted by Crippen LogP contribution is -2.28. The van der Waals surface area contributed by atoms with Crippen LogP contribution in [-0.2, 0) is 6.54 Å². The highest BCUT2D eigenvalue weighted by molar-refractivity contribution is 5.04. The molecule has 1 aromatic heterocycles. The zero-order valence-corrected chi connectivity index (χ0v) is 8.66. The molecule has 1 heterocycles. The Labute approximate surface area is 84.7 Å². The number of aromatic nitrogens is 1. The van der Waals surface area contributed by atoms with Gasteiger partial charge in [-0.05, 0) is 32.0 Å². The van der Waals surface area contributed by atoms with E-state index in [4.69, 9.17) is 0 Å². The number of rotatable bonds is 5. The van der Waals surface area contributed by atoms with Crippen molar-refractivity contribution in [2.75, 3.05) is 20.2 Å². The maximum atomic E-state index is 9.20. The normalized spacial score (nSPS) is 18.8. The molecule has 78 valence electrons. The van der Waals surface area contributed by atoms with Crippen LogP contribution in [0.4, 0.5) is 0 Å². The van der Waals surface area contributed by atoms with Crippen LogP contribution in [0.15, 0.2) is 18.3 Å². The van der Waals surface area contributed by atoms with E-state index < -0.39 is 0 Å². The Balaban J connectivity index is 1.82. The van der Waals surface area contributed by atoms with E-state index in [-0.39, 0.29) is 5.41 Å². The van der Waals surface area contributed by atoms with Crippen molar-refractivity contribution in [2.45, 2.75) is 19.4 Å². The summed E-state index contributed by atoms with van der Waals surface area (Å²) in [6.45, 7) is 2.28. The van der Waals surface area contributed by atoms with Crippen molar-refractivity contribution in [3.05, 3.63) is 24.0 Å². The fourth-order valence-corrected chi connectivity index (χ4v) is 1.93. The van der Waals surface area contributed by atoms with Crippen molar-refractivity contribution >= 4 is 0 Å². The van der Waals surface area contributed by atoms with Gasteiger partial charge in [-0.1, -0.05) is 0 Å². The van der Waals surface area contributed by atoms with E-state index in [0.717, 1.165) is 13.1 Å². The first-order valence-corrected chi connectivity index (χ1v) is 5.16. The maximum Gasteiger partial charge on any atom is 0.0499 e. The molecule has 14 heavy (non-hydrogen) atoms. The molecule has 1 saturated carbocycles. The highest BCUT2D eigenvalue weighted by Crippen LogP contribution is 2.45. The Hall–Kier alpha value is -0.800. The van der Waals surface area contributed by atoms with Crippen LogP contribution in [0.1, 0.15) is 18.5 Å². The second-order valence-electron chi connectivity index (χ2n) is 4.53. The van der Waals surface area contributed by atoms with E-state index in [1.54, 1.807) is 0 Å². The topological polar surface area (TPSA) is 39.3 Å². The SMILES string of the molecule is CN(Cc1ccc[nH]1)CC1(CO)CC1.